The van der Waals surface area contributed by atoms with Gasteiger partial charge in [0.15, 0.2) is 0 Å². The third kappa shape index (κ3) is 8.99. The Morgan fingerprint density at radius 3 is 2.29 bits per heavy atom. The SMILES string of the molecule is CCC=C(CCC)CCCOOC(C)=C(C)C. The number of rotatable bonds is 9. The van der Waals surface area contributed by atoms with Gasteiger partial charge >= 0.3 is 0 Å². The zero-order valence-corrected chi connectivity index (χ0v) is 12.1. The fourth-order valence-electron chi connectivity index (χ4n) is 1.51. The lowest BCUT2D eigenvalue weighted by molar-refractivity contribution is -0.262. The van der Waals surface area contributed by atoms with E-state index in [1.54, 1.807) is 5.57 Å². The number of hydrogen-bond donors (Lipinski definition) is 0. The van der Waals surface area contributed by atoms with Crippen molar-refractivity contribution in [1.82, 2.24) is 0 Å². The first-order valence-electron chi connectivity index (χ1n) is 6.73. The predicted molar refractivity (Wildman–Crippen MR) is 73.6 cm³/mol. The second-order valence-electron chi connectivity index (χ2n) is 4.59. The molecule has 0 aliphatic rings. The van der Waals surface area contributed by atoms with Crippen LogP contribution in [0.4, 0.5) is 0 Å². The molecule has 0 saturated carbocycles. The van der Waals surface area contributed by atoms with E-state index < -0.39 is 0 Å². The highest BCUT2D eigenvalue weighted by molar-refractivity contribution is 5.01. The summed E-state index contributed by atoms with van der Waals surface area (Å²) in [5.74, 6) is 0.864. The molecule has 17 heavy (non-hydrogen) atoms. The first kappa shape index (κ1) is 16.2. The molecule has 0 rings (SSSR count). The van der Waals surface area contributed by atoms with Gasteiger partial charge in [-0.15, -0.1) is 0 Å². The minimum absolute atomic E-state index is 0.662. The Morgan fingerprint density at radius 2 is 1.76 bits per heavy atom. The van der Waals surface area contributed by atoms with Crippen LogP contribution in [-0.2, 0) is 9.78 Å². The summed E-state index contributed by atoms with van der Waals surface area (Å²) in [5, 5.41) is 0. The predicted octanol–water partition coefficient (Wildman–Crippen LogP) is 5.17. The summed E-state index contributed by atoms with van der Waals surface area (Å²) < 4.78 is 0. The average molecular weight is 240 g/mol. The van der Waals surface area contributed by atoms with E-state index >= 15 is 0 Å². The quantitative estimate of drug-likeness (QED) is 0.182. The molecule has 0 bridgehead atoms. The van der Waals surface area contributed by atoms with Crippen molar-refractivity contribution in [2.45, 2.75) is 66.7 Å². The van der Waals surface area contributed by atoms with Crippen LogP contribution < -0.4 is 0 Å². The third-order valence-electron chi connectivity index (χ3n) is 2.68. The van der Waals surface area contributed by atoms with E-state index in [1.807, 2.05) is 20.8 Å². The van der Waals surface area contributed by atoms with Gasteiger partial charge in [-0.25, -0.2) is 0 Å². The van der Waals surface area contributed by atoms with E-state index in [0.29, 0.717) is 6.61 Å². The van der Waals surface area contributed by atoms with Crippen LogP contribution in [0.1, 0.15) is 66.7 Å². The van der Waals surface area contributed by atoms with Crippen LogP contribution in [0.5, 0.6) is 0 Å². The molecule has 0 heterocycles. The zero-order valence-electron chi connectivity index (χ0n) is 12.1. The van der Waals surface area contributed by atoms with E-state index in [9.17, 15) is 0 Å². The van der Waals surface area contributed by atoms with Crippen molar-refractivity contribution in [2.75, 3.05) is 6.61 Å². The van der Waals surface area contributed by atoms with Crippen molar-refractivity contribution in [2.24, 2.45) is 0 Å². The van der Waals surface area contributed by atoms with Crippen LogP contribution in [-0.4, -0.2) is 6.61 Å². The minimum Gasteiger partial charge on any atom is -0.342 e. The Kier molecular flexibility index (Phi) is 9.93. The van der Waals surface area contributed by atoms with Crippen LogP contribution in [0.25, 0.3) is 0 Å². The fraction of sp³-hybridized carbons (Fsp3) is 0.733. The molecular weight excluding hydrogens is 212 g/mol. The lowest BCUT2D eigenvalue weighted by atomic mass is 10.0. The Morgan fingerprint density at radius 1 is 1.06 bits per heavy atom. The van der Waals surface area contributed by atoms with Gasteiger partial charge in [-0.3, -0.25) is 0 Å². The van der Waals surface area contributed by atoms with Gasteiger partial charge in [-0.05, 0) is 52.0 Å². The van der Waals surface area contributed by atoms with Crippen molar-refractivity contribution in [1.29, 1.82) is 0 Å². The van der Waals surface area contributed by atoms with E-state index in [4.69, 9.17) is 9.78 Å². The Hall–Kier alpha value is -0.760. The smallest absolute Gasteiger partial charge is 0.138 e. The molecule has 2 heteroatoms. The minimum atomic E-state index is 0.662. The summed E-state index contributed by atoms with van der Waals surface area (Å²) in [7, 11) is 0. The van der Waals surface area contributed by atoms with Crippen molar-refractivity contribution in [3.8, 4) is 0 Å². The molecule has 0 amide bonds. The molecule has 0 aromatic rings. The van der Waals surface area contributed by atoms with Gasteiger partial charge in [0.1, 0.15) is 5.76 Å². The molecule has 2 nitrogen and oxygen atoms in total. The van der Waals surface area contributed by atoms with Crippen molar-refractivity contribution < 1.29 is 9.78 Å². The molecule has 100 valence electrons. The highest BCUT2D eigenvalue weighted by Crippen LogP contribution is 2.13. The molecule has 0 aliphatic carbocycles. The molecule has 0 unspecified atom stereocenters. The van der Waals surface area contributed by atoms with Gasteiger partial charge < -0.3 is 4.89 Å². The maximum Gasteiger partial charge on any atom is 0.138 e. The molecule has 0 N–H and O–H groups in total. The zero-order chi connectivity index (χ0) is 13.1. The van der Waals surface area contributed by atoms with E-state index in [2.05, 4.69) is 19.9 Å². The second kappa shape index (κ2) is 10.4. The molecule has 0 saturated heterocycles. The number of allylic oxidation sites excluding steroid dienone is 4. The molecular formula is C15H28O2. The van der Waals surface area contributed by atoms with Gasteiger partial charge in [0, 0.05) is 0 Å². The third-order valence-corrected chi connectivity index (χ3v) is 2.68. The topological polar surface area (TPSA) is 18.5 Å². The normalized spacial score (nSPS) is 11.5. The maximum absolute atomic E-state index is 5.18. The fourth-order valence-corrected chi connectivity index (χ4v) is 1.51. The first-order chi connectivity index (χ1) is 8.11. The molecule has 0 aliphatic heterocycles. The van der Waals surface area contributed by atoms with Crippen LogP contribution >= 0.6 is 0 Å². The Labute approximate surface area is 107 Å². The van der Waals surface area contributed by atoms with E-state index in [0.717, 1.165) is 30.6 Å². The molecule has 0 spiro atoms. The molecule has 0 aromatic carbocycles. The summed E-state index contributed by atoms with van der Waals surface area (Å²) in [6, 6.07) is 0. The average Bonchev–Trinajstić information content (AvgIpc) is 2.28. The van der Waals surface area contributed by atoms with Crippen molar-refractivity contribution >= 4 is 0 Å². The van der Waals surface area contributed by atoms with Crippen molar-refractivity contribution in [3.05, 3.63) is 23.0 Å². The summed E-state index contributed by atoms with van der Waals surface area (Å²) in [5.41, 5.74) is 2.71. The first-order valence-corrected chi connectivity index (χ1v) is 6.73. The summed E-state index contributed by atoms with van der Waals surface area (Å²) >= 11 is 0. The number of hydrogen-bond acceptors (Lipinski definition) is 2. The summed E-state index contributed by atoms with van der Waals surface area (Å²) in [6.45, 7) is 11.0. The van der Waals surface area contributed by atoms with Gasteiger partial charge in [0.2, 0.25) is 0 Å². The summed E-state index contributed by atoms with van der Waals surface area (Å²) in [4.78, 5) is 10.3. The maximum atomic E-state index is 5.18. The second-order valence-corrected chi connectivity index (χ2v) is 4.59. The van der Waals surface area contributed by atoms with Crippen LogP contribution in [0, 0.1) is 0 Å². The van der Waals surface area contributed by atoms with Crippen LogP contribution in [0.3, 0.4) is 0 Å². The lowest BCUT2D eigenvalue weighted by Gasteiger charge is -2.08. The lowest BCUT2D eigenvalue weighted by Crippen LogP contribution is -1.97. The van der Waals surface area contributed by atoms with Crippen LogP contribution in [0.15, 0.2) is 23.0 Å². The molecule has 0 aromatic heterocycles. The highest BCUT2D eigenvalue weighted by atomic mass is 17.2. The highest BCUT2D eigenvalue weighted by Gasteiger charge is 1.98. The van der Waals surface area contributed by atoms with Gasteiger partial charge in [-0.2, -0.15) is 4.89 Å². The summed E-state index contributed by atoms with van der Waals surface area (Å²) in [6.07, 6.45) is 8.05. The van der Waals surface area contributed by atoms with Gasteiger partial charge in [0.05, 0.1) is 6.61 Å². The molecule has 0 atom stereocenters. The van der Waals surface area contributed by atoms with E-state index in [-0.39, 0.29) is 0 Å². The van der Waals surface area contributed by atoms with Gasteiger partial charge in [0.25, 0.3) is 0 Å². The Bertz CT molecular complexity index is 248. The Balaban J connectivity index is 3.69. The molecule has 0 radical (unpaired) electrons. The van der Waals surface area contributed by atoms with Crippen molar-refractivity contribution in [3.63, 3.8) is 0 Å². The van der Waals surface area contributed by atoms with Gasteiger partial charge in [-0.1, -0.05) is 31.9 Å². The largest absolute Gasteiger partial charge is 0.342 e. The van der Waals surface area contributed by atoms with Crippen LogP contribution in [0.2, 0.25) is 0 Å². The monoisotopic (exact) mass is 240 g/mol. The molecule has 0 fully saturated rings. The standard InChI is InChI=1S/C15H28O2/c1-6-9-15(10-7-2)11-8-12-16-17-14(5)13(3)4/h9H,6-8,10-12H2,1-5H3. The van der Waals surface area contributed by atoms with E-state index in [1.165, 1.54) is 12.8 Å².